The number of benzene rings is 3. The van der Waals surface area contributed by atoms with Crippen molar-refractivity contribution < 1.29 is 14.3 Å². The molecule has 0 atom stereocenters. The van der Waals surface area contributed by atoms with Crippen molar-refractivity contribution in [2.45, 2.75) is 6.92 Å². The molecule has 0 saturated carbocycles. The quantitative estimate of drug-likeness (QED) is 0.360. The van der Waals surface area contributed by atoms with Gasteiger partial charge < -0.3 is 15.4 Å². The molecule has 0 bridgehead atoms. The summed E-state index contributed by atoms with van der Waals surface area (Å²) >= 11 is 5.18. The van der Waals surface area contributed by atoms with Gasteiger partial charge in [0.05, 0.1) is 7.11 Å². The number of carbonyl (C=O) groups excluding carboxylic acids is 2. The van der Waals surface area contributed by atoms with E-state index in [1.807, 2.05) is 31.2 Å². The highest BCUT2D eigenvalue weighted by Gasteiger charge is 2.09. The molecule has 0 spiro atoms. The van der Waals surface area contributed by atoms with E-state index in [1.165, 1.54) is 0 Å². The van der Waals surface area contributed by atoms with Crippen LogP contribution in [0.1, 0.15) is 26.3 Å². The van der Waals surface area contributed by atoms with E-state index in [0.717, 1.165) is 11.3 Å². The lowest BCUT2D eigenvalue weighted by Crippen LogP contribution is -2.43. The maximum atomic E-state index is 12.3. The minimum absolute atomic E-state index is 0.256. The van der Waals surface area contributed by atoms with Crippen LogP contribution in [0, 0.1) is 6.92 Å². The first-order valence-corrected chi connectivity index (χ1v) is 9.85. The van der Waals surface area contributed by atoms with Crippen molar-refractivity contribution in [1.82, 2.24) is 10.9 Å². The third-order valence-corrected chi connectivity index (χ3v) is 4.56. The van der Waals surface area contributed by atoms with Crippen molar-refractivity contribution in [1.29, 1.82) is 0 Å². The summed E-state index contributed by atoms with van der Waals surface area (Å²) in [5.74, 6) is 0.0595. The van der Waals surface area contributed by atoms with Crippen LogP contribution in [0.5, 0.6) is 5.75 Å². The lowest BCUT2D eigenvalue weighted by Gasteiger charge is -2.12. The Balaban J connectivity index is 1.50. The molecule has 0 aliphatic carbocycles. The molecule has 0 aliphatic rings. The zero-order valence-electron chi connectivity index (χ0n) is 17.1. The van der Waals surface area contributed by atoms with Gasteiger partial charge >= 0.3 is 0 Å². The van der Waals surface area contributed by atoms with Crippen LogP contribution in [0.15, 0.2) is 72.8 Å². The molecule has 0 saturated heterocycles. The lowest BCUT2D eigenvalue weighted by atomic mass is 10.1. The summed E-state index contributed by atoms with van der Waals surface area (Å²) in [7, 11) is 1.57. The first-order valence-electron chi connectivity index (χ1n) is 9.44. The molecule has 0 radical (unpaired) electrons. The molecule has 31 heavy (non-hydrogen) atoms. The monoisotopic (exact) mass is 434 g/mol. The normalized spacial score (nSPS) is 10.0. The van der Waals surface area contributed by atoms with Crippen LogP contribution in [0.25, 0.3) is 0 Å². The second kappa shape index (κ2) is 10.2. The molecular weight excluding hydrogens is 412 g/mol. The molecule has 3 rings (SSSR count). The van der Waals surface area contributed by atoms with Crippen molar-refractivity contribution in [3.63, 3.8) is 0 Å². The molecule has 0 fully saturated rings. The van der Waals surface area contributed by atoms with Crippen LogP contribution < -0.4 is 26.2 Å². The summed E-state index contributed by atoms with van der Waals surface area (Å²) in [6, 6.07) is 21.0. The Hall–Kier alpha value is -3.91. The fraction of sp³-hybridized carbons (Fsp3) is 0.0870. The number of hydrazine groups is 1. The summed E-state index contributed by atoms with van der Waals surface area (Å²) in [4.78, 5) is 24.6. The zero-order chi connectivity index (χ0) is 22.2. The smallest absolute Gasteiger partial charge is 0.269 e. The van der Waals surface area contributed by atoms with E-state index >= 15 is 0 Å². The summed E-state index contributed by atoms with van der Waals surface area (Å²) in [6.45, 7) is 2.00. The van der Waals surface area contributed by atoms with Gasteiger partial charge in [0, 0.05) is 22.5 Å². The van der Waals surface area contributed by atoms with Gasteiger partial charge in [-0.2, -0.15) is 0 Å². The van der Waals surface area contributed by atoms with E-state index in [1.54, 1.807) is 55.6 Å². The zero-order valence-corrected chi connectivity index (χ0v) is 17.9. The maximum absolute atomic E-state index is 12.3. The number of ether oxygens (including phenoxy) is 1. The number of aryl methyl sites for hydroxylation is 1. The second-order valence-corrected chi connectivity index (χ2v) is 7.07. The van der Waals surface area contributed by atoms with Crippen LogP contribution in [-0.2, 0) is 0 Å². The molecule has 158 valence electrons. The number of hydrogen-bond donors (Lipinski definition) is 4. The fourth-order valence-electron chi connectivity index (χ4n) is 2.64. The number of nitrogens with one attached hydrogen (secondary N) is 4. The molecule has 2 amide bonds. The van der Waals surface area contributed by atoms with Gasteiger partial charge in [0.25, 0.3) is 11.8 Å². The number of amides is 2. The minimum Gasteiger partial charge on any atom is -0.497 e. The van der Waals surface area contributed by atoms with E-state index in [2.05, 4.69) is 21.5 Å². The van der Waals surface area contributed by atoms with Crippen LogP contribution in [0.4, 0.5) is 11.4 Å². The van der Waals surface area contributed by atoms with Gasteiger partial charge in [0.2, 0.25) is 0 Å². The molecule has 8 heteroatoms. The fourth-order valence-corrected chi connectivity index (χ4v) is 2.80. The number of carbonyl (C=O) groups is 2. The van der Waals surface area contributed by atoms with Crippen LogP contribution in [0.3, 0.4) is 0 Å². The van der Waals surface area contributed by atoms with E-state index in [4.69, 9.17) is 17.0 Å². The minimum atomic E-state index is -0.360. The highest BCUT2D eigenvalue weighted by Crippen LogP contribution is 2.15. The second-order valence-electron chi connectivity index (χ2n) is 6.66. The van der Waals surface area contributed by atoms with E-state index in [9.17, 15) is 9.59 Å². The van der Waals surface area contributed by atoms with E-state index in [0.29, 0.717) is 22.6 Å². The van der Waals surface area contributed by atoms with Crippen molar-refractivity contribution >= 4 is 40.5 Å². The molecule has 4 N–H and O–H groups in total. The predicted molar refractivity (Wildman–Crippen MR) is 125 cm³/mol. The van der Waals surface area contributed by atoms with Crippen molar-refractivity contribution in [3.05, 3.63) is 89.5 Å². The Bertz CT molecular complexity index is 1070. The number of rotatable bonds is 5. The third kappa shape index (κ3) is 6.28. The first-order chi connectivity index (χ1) is 14.9. The first kappa shape index (κ1) is 21.8. The van der Waals surface area contributed by atoms with Gasteiger partial charge in [-0.1, -0.05) is 17.7 Å². The molecular formula is C23H22N4O3S. The van der Waals surface area contributed by atoms with Crippen LogP contribution in [-0.4, -0.2) is 24.0 Å². The van der Waals surface area contributed by atoms with Gasteiger partial charge in [0.15, 0.2) is 5.11 Å². The number of anilines is 2. The van der Waals surface area contributed by atoms with Crippen molar-refractivity contribution in [2.24, 2.45) is 0 Å². The molecule has 3 aromatic rings. The topological polar surface area (TPSA) is 91.5 Å². The van der Waals surface area contributed by atoms with E-state index in [-0.39, 0.29) is 16.9 Å². The number of methoxy groups -OCH3 is 1. The Morgan fingerprint density at radius 3 is 1.84 bits per heavy atom. The molecule has 7 nitrogen and oxygen atoms in total. The number of thiocarbonyl (C=S) groups is 1. The Morgan fingerprint density at radius 1 is 0.710 bits per heavy atom. The third-order valence-electron chi connectivity index (χ3n) is 4.36. The van der Waals surface area contributed by atoms with Crippen molar-refractivity contribution in [2.75, 3.05) is 17.7 Å². The Morgan fingerprint density at radius 2 is 1.23 bits per heavy atom. The van der Waals surface area contributed by atoms with Gasteiger partial charge in [0.1, 0.15) is 5.75 Å². The average molecular weight is 435 g/mol. The van der Waals surface area contributed by atoms with Gasteiger partial charge in [-0.25, -0.2) is 0 Å². The largest absolute Gasteiger partial charge is 0.497 e. The van der Waals surface area contributed by atoms with Gasteiger partial charge in [-0.05, 0) is 79.8 Å². The summed E-state index contributed by atoms with van der Waals surface area (Å²) in [5.41, 5.74) is 8.63. The predicted octanol–water partition coefficient (Wildman–Crippen LogP) is 3.89. The molecule has 3 aromatic carbocycles. The maximum Gasteiger partial charge on any atom is 0.269 e. The summed E-state index contributed by atoms with van der Waals surface area (Å²) in [5, 5.41) is 6.03. The average Bonchev–Trinajstić information content (AvgIpc) is 2.79. The molecule has 0 aliphatic heterocycles. The summed E-state index contributed by atoms with van der Waals surface area (Å²) < 4.78 is 5.08. The highest BCUT2D eigenvalue weighted by molar-refractivity contribution is 7.80. The Labute approximate surface area is 185 Å². The molecule has 0 heterocycles. The van der Waals surface area contributed by atoms with Gasteiger partial charge in [-0.15, -0.1) is 0 Å². The Kier molecular flexibility index (Phi) is 7.18. The molecule has 0 aromatic heterocycles. The summed E-state index contributed by atoms with van der Waals surface area (Å²) in [6.07, 6.45) is 0. The van der Waals surface area contributed by atoms with E-state index < -0.39 is 0 Å². The SMILES string of the molecule is COc1ccc(C(=O)Nc2ccc(C(=O)NNC(=S)Nc3ccc(C)cc3)cc2)cc1. The van der Waals surface area contributed by atoms with Crippen LogP contribution >= 0.6 is 12.2 Å². The lowest BCUT2D eigenvalue weighted by molar-refractivity contribution is 0.0943. The molecule has 0 unspecified atom stereocenters. The standard InChI is InChI=1S/C23H22N4O3S/c1-15-3-9-19(10-4-15)25-23(31)27-26-22(29)17-5-11-18(12-6-17)24-21(28)16-7-13-20(30-2)14-8-16/h3-14H,1-2H3,(H,24,28)(H,26,29)(H2,25,27,31). The van der Waals surface area contributed by atoms with Crippen molar-refractivity contribution in [3.8, 4) is 5.75 Å². The number of hydrogen-bond acceptors (Lipinski definition) is 4. The van der Waals surface area contributed by atoms with Crippen LogP contribution in [0.2, 0.25) is 0 Å². The van der Waals surface area contributed by atoms with Gasteiger partial charge in [-0.3, -0.25) is 20.4 Å². The highest BCUT2D eigenvalue weighted by atomic mass is 32.1.